The van der Waals surface area contributed by atoms with Crippen molar-refractivity contribution < 1.29 is 9.59 Å². The van der Waals surface area contributed by atoms with Crippen molar-refractivity contribution in [1.29, 1.82) is 0 Å². The van der Waals surface area contributed by atoms with Crippen molar-refractivity contribution in [3.63, 3.8) is 0 Å². The quantitative estimate of drug-likeness (QED) is 0.262. The lowest BCUT2D eigenvalue weighted by molar-refractivity contribution is 0.101. The fourth-order valence-electron chi connectivity index (χ4n) is 4.41. The van der Waals surface area contributed by atoms with Crippen molar-refractivity contribution in [2.45, 2.75) is 33.6 Å². The number of fused-ring (bicyclic) bond motifs is 1. The van der Waals surface area contributed by atoms with Gasteiger partial charge < -0.3 is 5.32 Å². The van der Waals surface area contributed by atoms with Crippen LogP contribution in [0.1, 0.15) is 58.7 Å². The molecule has 0 unspecified atom stereocenters. The molecule has 0 atom stereocenters. The molecule has 2 aromatic heterocycles. The number of pyridine rings is 1. The summed E-state index contributed by atoms with van der Waals surface area (Å²) in [6.45, 7) is 7.87. The van der Waals surface area contributed by atoms with Crippen LogP contribution in [0.3, 0.4) is 0 Å². The summed E-state index contributed by atoms with van der Waals surface area (Å²) in [5.74, 6) is 0.195. The van der Waals surface area contributed by atoms with Gasteiger partial charge in [0, 0.05) is 22.2 Å². The number of amides is 1. The van der Waals surface area contributed by atoms with Gasteiger partial charge in [-0.25, -0.2) is 9.67 Å². The van der Waals surface area contributed by atoms with E-state index >= 15 is 0 Å². The summed E-state index contributed by atoms with van der Waals surface area (Å²) < 4.78 is 1.90. The Bertz CT molecular complexity index is 1610. The number of para-hydroxylation sites is 1. The number of hydrogen-bond acceptors (Lipinski definition) is 4. The molecular weight excluding hydrogens is 460 g/mol. The van der Waals surface area contributed by atoms with Crippen LogP contribution >= 0.6 is 0 Å². The zero-order chi connectivity index (χ0) is 26.1. The van der Waals surface area contributed by atoms with E-state index in [1.54, 1.807) is 30.5 Å². The predicted molar refractivity (Wildman–Crippen MR) is 148 cm³/mol. The van der Waals surface area contributed by atoms with Gasteiger partial charge in [-0.2, -0.15) is 5.10 Å². The molecule has 3 aromatic carbocycles. The number of carbonyl (C=O) groups excluding carboxylic acids is 2. The third-order valence-corrected chi connectivity index (χ3v) is 6.60. The topological polar surface area (TPSA) is 76.9 Å². The summed E-state index contributed by atoms with van der Waals surface area (Å²) >= 11 is 0. The van der Waals surface area contributed by atoms with Crippen molar-refractivity contribution in [3.05, 3.63) is 107 Å². The molecule has 184 valence electrons. The predicted octanol–water partition coefficient (Wildman–Crippen LogP) is 6.97. The summed E-state index contributed by atoms with van der Waals surface area (Å²) in [7, 11) is 0. The normalized spacial score (nSPS) is 11.2. The van der Waals surface area contributed by atoms with Crippen LogP contribution < -0.4 is 5.32 Å². The van der Waals surface area contributed by atoms with Gasteiger partial charge in [0.25, 0.3) is 5.91 Å². The minimum Gasteiger partial charge on any atom is -0.322 e. The Kier molecular flexibility index (Phi) is 6.40. The second-order valence-corrected chi connectivity index (χ2v) is 9.46. The van der Waals surface area contributed by atoms with Crippen LogP contribution in [0.4, 0.5) is 5.69 Å². The van der Waals surface area contributed by atoms with Crippen LogP contribution in [0.2, 0.25) is 0 Å². The monoisotopic (exact) mass is 488 g/mol. The molecule has 0 radical (unpaired) electrons. The number of hydrogen-bond donors (Lipinski definition) is 1. The van der Waals surface area contributed by atoms with Crippen molar-refractivity contribution in [2.75, 3.05) is 5.32 Å². The van der Waals surface area contributed by atoms with E-state index in [1.165, 1.54) is 12.5 Å². The first-order valence-corrected chi connectivity index (χ1v) is 12.3. The first kappa shape index (κ1) is 24.1. The van der Waals surface area contributed by atoms with E-state index in [0.717, 1.165) is 27.8 Å². The number of aromatic nitrogens is 3. The van der Waals surface area contributed by atoms with Crippen molar-refractivity contribution in [2.24, 2.45) is 0 Å². The number of nitrogens with one attached hydrogen (secondary N) is 1. The minimum atomic E-state index is -0.246. The van der Waals surface area contributed by atoms with E-state index in [9.17, 15) is 9.59 Å². The maximum absolute atomic E-state index is 13.4. The van der Waals surface area contributed by atoms with E-state index in [-0.39, 0.29) is 11.7 Å². The molecule has 1 N–H and O–H groups in total. The maximum Gasteiger partial charge on any atom is 0.256 e. The standard InChI is InChI=1S/C31H28N4O2/c1-19(2)22-11-15-25(16-12-22)35-20(3)28(18-32-35)30-17-27(26-7-5-6-8-29(26)34-30)31(37)33-24-13-9-23(10-14-24)21(4)36/h5-19H,1-4H3,(H,33,37). The summed E-state index contributed by atoms with van der Waals surface area (Å²) in [5.41, 5.74) is 7.18. The molecular formula is C31H28N4O2. The summed E-state index contributed by atoms with van der Waals surface area (Å²) in [4.78, 5) is 29.8. The van der Waals surface area contributed by atoms with Gasteiger partial charge in [0.2, 0.25) is 0 Å². The maximum atomic E-state index is 13.4. The van der Waals surface area contributed by atoms with E-state index in [2.05, 4.69) is 48.5 Å². The van der Waals surface area contributed by atoms with Crippen molar-refractivity contribution in [1.82, 2.24) is 14.8 Å². The second-order valence-electron chi connectivity index (χ2n) is 9.46. The van der Waals surface area contributed by atoms with Crippen LogP contribution in [0.15, 0.2) is 85.1 Å². The number of benzene rings is 3. The average Bonchev–Trinajstić information content (AvgIpc) is 3.29. The van der Waals surface area contributed by atoms with Gasteiger partial charge in [0.05, 0.1) is 34.4 Å². The highest BCUT2D eigenvalue weighted by molar-refractivity contribution is 6.13. The van der Waals surface area contributed by atoms with Crippen LogP contribution in [0, 0.1) is 6.92 Å². The molecule has 0 fully saturated rings. The highest BCUT2D eigenvalue weighted by Gasteiger charge is 2.18. The molecule has 5 aromatic rings. The van der Waals surface area contributed by atoms with E-state index in [0.29, 0.717) is 28.4 Å². The lowest BCUT2D eigenvalue weighted by atomic mass is 10.0. The Balaban J connectivity index is 1.52. The van der Waals surface area contributed by atoms with Crippen LogP contribution in [0.25, 0.3) is 27.8 Å². The summed E-state index contributed by atoms with van der Waals surface area (Å²) in [6.07, 6.45) is 1.80. The molecule has 0 aliphatic rings. The SMILES string of the molecule is CC(=O)c1ccc(NC(=O)c2cc(-c3cnn(-c4ccc(C(C)C)cc4)c3C)nc3ccccc23)cc1. The number of rotatable bonds is 6. The van der Waals surface area contributed by atoms with Gasteiger partial charge in [-0.15, -0.1) is 0 Å². The van der Waals surface area contributed by atoms with Gasteiger partial charge in [-0.1, -0.05) is 44.2 Å². The third kappa shape index (κ3) is 4.78. The molecule has 0 saturated carbocycles. The Hall–Kier alpha value is -4.58. The summed E-state index contributed by atoms with van der Waals surface area (Å²) in [5, 5.41) is 8.35. The fraction of sp³-hybridized carbons (Fsp3) is 0.161. The third-order valence-electron chi connectivity index (χ3n) is 6.60. The van der Waals surface area contributed by atoms with Gasteiger partial charge >= 0.3 is 0 Å². The summed E-state index contributed by atoms with van der Waals surface area (Å²) in [6, 6.07) is 24.7. The highest BCUT2D eigenvalue weighted by atomic mass is 16.1. The van der Waals surface area contributed by atoms with Gasteiger partial charge in [0.15, 0.2) is 5.78 Å². The molecule has 0 aliphatic carbocycles. The zero-order valence-corrected chi connectivity index (χ0v) is 21.3. The fourth-order valence-corrected chi connectivity index (χ4v) is 4.41. The largest absolute Gasteiger partial charge is 0.322 e. The molecule has 2 heterocycles. The first-order valence-electron chi connectivity index (χ1n) is 12.3. The van der Waals surface area contributed by atoms with Crippen LogP contribution in [0.5, 0.6) is 0 Å². The van der Waals surface area contributed by atoms with Crippen LogP contribution in [-0.4, -0.2) is 26.5 Å². The lowest BCUT2D eigenvalue weighted by Gasteiger charge is -2.11. The number of Topliss-reactive ketones (excluding diaryl/α,β-unsaturated/α-hetero) is 1. The molecule has 1 amide bonds. The Morgan fingerprint density at radius 3 is 2.30 bits per heavy atom. The first-order chi connectivity index (χ1) is 17.8. The zero-order valence-electron chi connectivity index (χ0n) is 21.3. The number of nitrogens with zero attached hydrogens (tertiary/aromatic N) is 3. The van der Waals surface area contributed by atoms with E-state index in [1.807, 2.05) is 41.9 Å². The van der Waals surface area contributed by atoms with Gasteiger partial charge in [-0.05, 0) is 73.9 Å². The van der Waals surface area contributed by atoms with E-state index < -0.39 is 0 Å². The Morgan fingerprint density at radius 2 is 1.62 bits per heavy atom. The Morgan fingerprint density at radius 1 is 0.919 bits per heavy atom. The van der Waals surface area contributed by atoms with Crippen molar-refractivity contribution in [3.8, 4) is 16.9 Å². The molecule has 6 heteroatoms. The second kappa shape index (κ2) is 9.82. The number of anilines is 1. The molecule has 0 saturated heterocycles. The Labute approximate surface area is 216 Å². The lowest BCUT2D eigenvalue weighted by Crippen LogP contribution is -2.13. The average molecular weight is 489 g/mol. The molecule has 0 bridgehead atoms. The van der Waals surface area contributed by atoms with E-state index in [4.69, 9.17) is 4.98 Å². The minimum absolute atomic E-state index is 0.0190. The van der Waals surface area contributed by atoms with Gasteiger partial charge in [-0.3, -0.25) is 9.59 Å². The molecule has 0 spiro atoms. The van der Waals surface area contributed by atoms with Gasteiger partial charge in [0.1, 0.15) is 0 Å². The number of ketones is 1. The number of carbonyl (C=O) groups is 2. The van der Waals surface area contributed by atoms with Crippen molar-refractivity contribution >= 4 is 28.3 Å². The molecule has 37 heavy (non-hydrogen) atoms. The highest BCUT2D eigenvalue weighted by Crippen LogP contribution is 2.29. The molecule has 5 rings (SSSR count). The molecule has 6 nitrogen and oxygen atoms in total. The van der Waals surface area contributed by atoms with Crippen LogP contribution in [-0.2, 0) is 0 Å². The molecule has 0 aliphatic heterocycles. The smallest absolute Gasteiger partial charge is 0.256 e.